The molecule has 10 nitrogen and oxygen atoms in total. The molecule has 0 amide bonds. The molecule has 10 aromatic rings. The van der Waals surface area contributed by atoms with Gasteiger partial charge in [0.15, 0.2) is 0 Å². The van der Waals surface area contributed by atoms with Gasteiger partial charge in [0.25, 0.3) is 0 Å². The fourth-order valence-electron chi connectivity index (χ4n) is 5.77. The van der Waals surface area contributed by atoms with E-state index in [0.29, 0.717) is 23.8 Å². The van der Waals surface area contributed by atoms with Gasteiger partial charge in [-0.3, -0.25) is 0 Å². The van der Waals surface area contributed by atoms with Crippen LogP contribution in [-0.4, -0.2) is 19.9 Å². The number of aromatic nitrogens is 8. The Bertz CT molecular complexity index is 2230. The van der Waals surface area contributed by atoms with Gasteiger partial charge in [-0.25, -0.2) is 0 Å². The Labute approximate surface area is 311 Å². The summed E-state index contributed by atoms with van der Waals surface area (Å²) in [4.78, 5) is 41.1. The van der Waals surface area contributed by atoms with E-state index in [1.165, 1.54) is 0 Å². The minimum Gasteiger partial charge on any atom is -0.363 e. The van der Waals surface area contributed by atoms with Crippen molar-refractivity contribution in [3.63, 3.8) is 0 Å². The van der Waals surface area contributed by atoms with Crippen molar-refractivity contribution in [2.75, 3.05) is 9.80 Å². The molecule has 0 saturated carbocycles. The second-order valence-corrected chi connectivity index (χ2v) is 11.4. The number of fused-ring (bicyclic) bond motifs is 4. The summed E-state index contributed by atoms with van der Waals surface area (Å²) in [7, 11) is 0. The zero-order chi connectivity index (χ0) is 33.3. The minimum atomic E-state index is 0. The molecule has 51 heavy (non-hydrogen) atoms. The number of hydrogen-bond donors (Lipinski definition) is 0. The van der Waals surface area contributed by atoms with E-state index in [2.05, 4.69) is 39.9 Å². The zero-order valence-electron chi connectivity index (χ0n) is 27.0. The Morgan fingerprint density at radius 1 is 0.294 bits per heavy atom. The molecule has 0 radical (unpaired) electrons. The van der Waals surface area contributed by atoms with Crippen LogP contribution in [0.4, 0.5) is 35.2 Å². The van der Waals surface area contributed by atoms with Crippen molar-refractivity contribution in [2.24, 2.45) is 0 Å². The Morgan fingerprint density at radius 3 is 0.784 bits per heavy atom. The molecule has 0 bridgehead atoms. The Kier molecular flexibility index (Phi) is 8.69. The fourth-order valence-corrected chi connectivity index (χ4v) is 5.77. The summed E-state index contributed by atoms with van der Waals surface area (Å²) in [6, 6.07) is 51.2. The van der Waals surface area contributed by atoms with Gasteiger partial charge < -0.3 is 49.7 Å². The van der Waals surface area contributed by atoms with Crippen LogP contribution in [0.15, 0.2) is 158 Å². The molecule has 0 unspecified atom stereocenters. The molecule has 0 aliphatic heterocycles. The van der Waals surface area contributed by atoms with Crippen LogP contribution >= 0.6 is 0 Å². The van der Waals surface area contributed by atoms with E-state index < -0.39 is 0 Å². The maximum atomic E-state index is 4.67. The van der Waals surface area contributed by atoms with E-state index in [1.807, 2.05) is 168 Å². The summed E-state index contributed by atoms with van der Waals surface area (Å²) in [5, 5.41) is 0. The van der Waals surface area contributed by atoms with E-state index in [1.54, 1.807) is 0 Å². The summed E-state index contributed by atoms with van der Waals surface area (Å²) in [6.45, 7) is 0. The van der Waals surface area contributed by atoms with Gasteiger partial charge in [0.1, 0.15) is 0 Å². The van der Waals surface area contributed by atoms with Crippen LogP contribution < -0.4 is 29.7 Å². The van der Waals surface area contributed by atoms with Gasteiger partial charge in [-0.05, 0) is 11.4 Å². The molecule has 6 aromatic carbocycles. The quantitative estimate of drug-likeness (QED) is 0.152. The van der Waals surface area contributed by atoms with Crippen molar-refractivity contribution in [2.45, 2.75) is 0 Å². The Morgan fingerprint density at radius 2 is 0.529 bits per heavy atom. The van der Waals surface area contributed by atoms with Crippen molar-refractivity contribution in [3.8, 4) is 0 Å². The van der Waals surface area contributed by atoms with Gasteiger partial charge in [0.2, 0.25) is 0 Å². The molecule has 10 rings (SSSR count). The molecular weight excluding hydrogens is 799 g/mol. The van der Waals surface area contributed by atoms with Crippen molar-refractivity contribution in [1.29, 1.82) is 0 Å². The third-order valence-corrected chi connectivity index (χ3v) is 8.12. The number of nitrogens with zero attached hydrogens (tertiary/aromatic N) is 10. The molecule has 11 heteroatoms. The van der Waals surface area contributed by atoms with Crippen LogP contribution in [0.2, 0.25) is 0 Å². The largest absolute Gasteiger partial charge is 4.00 e. The van der Waals surface area contributed by atoms with Crippen molar-refractivity contribution in [1.82, 2.24) is 39.9 Å². The topological polar surface area (TPSA) is 114 Å². The molecule has 240 valence electrons. The number of para-hydroxylation sites is 10. The second-order valence-electron chi connectivity index (χ2n) is 11.4. The van der Waals surface area contributed by atoms with Crippen molar-refractivity contribution >= 4 is 79.3 Å². The molecule has 0 spiro atoms. The minimum absolute atomic E-state index is 0. The van der Waals surface area contributed by atoms with Crippen LogP contribution in [0.3, 0.4) is 0 Å². The van der Waals surface area contributed by atoms with E-state index in [4.69, 9.17) is 0 Å². The Balaban J connectivity index is 0.000000144. The molecule has 0 aliphatic carbocycles. The van der Waals surface area contributed by atoms with Crippen LogP contribution in [0.5, 0.6) is 0 Å². The monoisotopic (exact) mass is 826 g/mol. The summed E-state index contributed by atoms with van der Waals surface area (Å²) < 4.78 is 0. The van der Waals surface area contributed by atoms with Gasteiger partial charge >= 0.3 is 25.8 Å². The van der Waals surface area contributed by atoms with Gasteiger partial charge in [-0.1, -0.05) is 158 Å². The first-order valence-corrected chi connectivity index (χ1v) is 16.1. The van der Waals surface area contributed by atoms with Crippen LogP contribution in [0, 0.1) is 0 Å². The van der Waals surface area contributed by atoms with Gasteiger partial charge in [0.05, 0.1) is 0 Å². The molecule has 4 heterocycles. The number of benzene rings is 6. The molecule has 0 N–H and O–H groups in total. The predicted molar refractivity (Wildman–Crippen MR) is 197 cm³/mol. The molecule has 0 atom stereocenters. The summed E-state index contributed by atoms with van der Waals surface area (Å²) >= 11 is 0. The van der Waals surface area contributed by atoms with E-state index >= 15 is 0 Å². The van der Waals surface area contributed by atoms with Crippen molar-refractivity contribution in [3.05, 3.63) is 158 Å². The maximum Gasteiger partial charge on any atom is 4.00 e. The molecule has 0 saturated heterocycles. The van der Waals surface area contributed by atoms with Crippen LogP contribution in [0.25, 0.3) is 44.1 Å². The Hall–Kier alpha value is -6.33. The number of anilines is 6. The molecule has 0 fully saturated rings. The van der Waals surface area contributed by atoms with Gasteiger partial charge in [0, 0.05) is 67.9 Å². The molecule has 4 aromatic heterocycles. The SMILES string of the molecule is [Hf+4].c1ccc(N(c2nc3ccccc3[n-]2)c2nc3ccccc3[n-]2)cc1.c1ccc(N(c2nc3ccccc3[n-]2)c2nc3ccccc3[n-]2)cc1. The van der Waals surface area contributed by atoms with Gasteiger partial charge in [-0.2, -0.15) is 0 Å². The second kappa shape index (κ2) is 13.9. The third kappa shape index (κ3) is 6.30. The molecular formula is C40H26HfN10. The standard InChI is InChI=1S/2C20H13N5.Hf/c2*1-2-8-14(9-3-1)25(19-21-15-10-4-5-11-16(15)22-19)20-23-17-12-6-7-13-18(17)24-20;/h2*1-13H;/q2*-2;+4. The van der Waals surface area contributed by atoms with Crippen molar-refractivity contribution < 1.29 is 25.8 Å². The number of hydrogen-bond acceptors (Lipinski definition) is 6. The average Bonchev–Trinajstić information content (AvgIpc) is 3.97. The smallest absolute Gasteiger partial charge is 0.363 e. The summed E-state index contributed by atoms with van der Waals surface area (Å²) in [5.41, 5.74) is 8.70. The van der Waals surface area contributed by atoms with Crippen LogP contribution in [-0.2, 0) is 25.8 Å². The number of rotatable bonds is 6. The number of imidazole rings is 4. The van der Waals surface area contributed by atoms with Gasteiger partial charge in [-0.15, -0.1) is 0 Å². The first kappa shape index (κ1) is 31.9. The molecule has 0 aliphatic rings. The summed E-state index contributed by atoms with van der Waals surface area (Å²) in [6.07, 6.45) is 0. The third-order valence-electron chi connectivity index (χ3n) is 8.12. The fraction of sp³-hybridized carbons (Fsp3) is 0. The summed E-state index contributed by atoms with van der Waals surface area (Å²) in [5.74, 6) is 2.29. The van der Waals surface area contributed by atoms with E-state index in [-0.39, 0.29) is 25.8 Å². The normalized spacial score (nSPS) is 11.0. The predicted octanol–water partition coefficient (Wildman–Crippen LogP) is 8.33. The zero-order valence-corrected chi connectivity index (χ0v) is 30.6. The van der Waals surface area contributed by atoms with Crippen LogP contribution in [0.1, 0.15) is 0 Å². The maximum absolute atomic E-state index is 4.67. The first-order valence-electron chi connectivity index (χ1n) is 16.1. The average molecular weight is 825 g/mol. The van der Waals surface area contributed by atoms with E-state index in [9.17, 15) is 0 Å². The first-order chi connectivity index (χ1) is 24.8. The van der Waals surface area contributed by atoms with E-state index in [0.717, 1.165) is 55.5 Å².